The lowest BCUT2D eigenvalue weighted by Gasteiger charge is -2.30. The Hall–Kier alpha value is -0.0400. The summed E-state index contributed by atoms with van der Waals surface area (Å²) in [6.07, 6.45) is 20.1. The van der Waals surface area contributed by atoms with Crippen LogP contribution in [-0.4, -0.2) is 31.7 Å². The van der Waals surface area contributed by atoms with Crippen LogP contribution in [0.5, 0.6) is 0 Å². The zero-order chi connectivity index (χ0) is 15.8. The zero-order valence-corrected chi connectivity index (χ0v) is 15.8. The summed E-state index contributed by atoms with van der Waals surface area (Å²) in [6, 6.07) is 0. The summed E-state index contributed by atoms with van der Waals surface area (Å²) < 4.78 is 1.24. The monoisotopic (exact) mass is 298 g/mol. The van der Waals surface area contributed by atoms with E-state index in [1.54, 1.807) is 0 Å². The standard InChI is InChI=1S/C20H44N/c1-5-7-9-11-12-13-14-16-18-20-21(3,4)19-17-15-10-8-6-2/h5-20H2,1-4H3/q+1. The minimum Gasteiger partial charge on any atom is -0.328 e. The van der Waals surface area contributed by atoms with E-state index in [-0.39, 0.29) is 0 Å². The summed E-state index contributed by atoms with van der Waals surface area (Å²) >= 11 is 0. The van der Waals surface area contributed by atoms with Crippen molar-refractivity contribution in [1.82, 2.24) is 0 Å². The number of nitrogens with zero attached hydrogens (tertiary/aromatic N) is 1. The van der Waals surface area contributed by atoms with Crippen LogP contribution < -0.4 is 0 Å². The molecule has 0 N–H and O–H groups in total. The van der Waals surface area contributed by atoms with Crippen LogP contribution in [0.2, 0.25) is 0 Å². The molecule has 0 aromatic rings. The highest BCUT2D eigenvalue weighted by Gasteiger charge is 2.13. The molecule has 0 aliphatic heterocycles. The van der Waals surface area contributed by atoms with Gasteiger partial charge >= 0.3 is 0 Å². The Morgan fingerprint density at radius 2 is 0.714 bits per heavy atom. The van der Waals surface area contributed by atoms with E-state index < -0.39 is 0 Å². The molecule has 21 heavy (non-hydrogen) atoms. The van der Waals surface area contributed by atoms with E-state index in [1.165, 1.54) is 107 Å². The summed E-state index contributed by atoms with van der Waals surface area (Å²) in [7, 11) is 4.84. The van der Waals surface area contributed by atoms with Crippen LogP contribution in [0, 0.1) is 0 Å². The van der Waals surface area contributed by atoms with Gasteiger partial charge < -0.3 is 4.48 Å². The summed E-state index contributed by atoms with van der Waals surface area (Å²) in [5.74, 6) is 0. The van der Waals surface area contributed by atoms with Gasteiger partial charge in [-0.15, -0.1) is 0 Å². The summed E-state index contributed by atoms with van der Waals surface area (Å²) in [5.41, 5.74) is 0. The Bertz CT molecular complexity index is 198. The number of unbranched alkanes of at least 4 members (excludes halogenated alkanes) is 12. The van der Waals surface area contributed by atoms with Crippen LogP contribution in [-0.2, 0) is 0 Å². The second kappa shape index (κ2) is 14.9. The predicted octanol–water partition coefficient (Wildman–Crippen LogP) is 6.56. The van der Waals surface area contributed by atoms with Crippen molar-refractivity contribution in [2.45, 2.75) is 104 Å². The van der Waals surface area contributed by atoms with Gasteiger partial charge in [-0.05, 0) is 25.7 Å². The highest BCUT2D eigenvalue weighted by Crippen LogP contribution is 2.12. The van der Waals surface area contributed by atoms with E-state index in [1.807, 2.05) is 0 Å². The molecule has 0 radical (unpaired) electrons. The van der Waals surface area contributed by atoms with E-state index >= 15 is 0 Å². The maximum atomic E-state index is 2.42. The summed E-state index contributed by atoms with van der Waals surface area (Å²) in [6.45, 7) is 7.35. The fourth-order valence-electron chi connectivity index (χ4n) is 3.11. The molecule has 128 valence electrons. The predicted molar refractivity (Wildman–Crippen MR) is 97.8 cm³/mol. The average Bonchev–Trinajstić information content (AvgIpc) is 2.45. The molecule has 0 heterocycles. The molecule has 0 atom stereocenters. The molecule has 0 saturated heterocycles. The molecule has 0 aliphatic carbocycles. The van der Waals surface area contributed by atoms with E-state index in [2.05, 4.69) is 27.9 Å². The van der Waals surface area contributed by atoms with Crippen molar-refractivity contribution in [3.63, 3.8) is 0 Å². The van der Waals surface area contributed by atoms with Gasteiger partial charge in [-0.3, -0.25) is 0 Å². The maximum absolute atomic E-state index is 2.42. The lowest BCUT2D eigenvalue weighted by molar-refractivity contribution is -0.890. The largest absolute Gasteiger partial charge is 0.328 e. The van der Waals surface area contributed by atoms with Gasteiger partial charge in [0.2, 0.25) is 0 Å². The van der Waals surface area contributed by atoms with Gasteiger partial charge in [-0.1, -0.05) is 78.1 Å². The summed E-state index contributed by atoms with van der Waals surface area (Å²) in [4.78, 5) is 0. The van der Waals surface area contributed by atoms with E-state index in [4.69, 9.17) is 0 Å². The number of hydrogen-bond acceptors (Lipinski definition) is 0. The molecular formula is C20H44N+. The number of rotatable bonds is 16. The van der Waals surface area contributed by atoms with Crippen molar-refractivity contribution in [2.24, 2.45) is 0 Å². The van der Waals surface area contributed by atoms with Crippen molar-refractivity contribution >= 4 is 0 Å². The number of quaternary nitrogens is 1. The van der Waals surface area contributed by atoms with Gasteiger partial charge in [0.25, 0.3) is 0 Å². The SMILES string of the molecule is CCCCCCCCCCC[N+](C)(C)CCCCCCC. The van der Waals surface area contributed by atoms with Crippen molar-refractivity contribution in [2.75, 3.05) is 27.2 Å². The average molecular weight is 299 g/mol. The van der Waals surface area contributed by atoms with Gasteiger partial charge in [0.1, 0.15) is 0 Å². The molecule has 0 aromatic carbocycles. The fourth-order valence-corrected chi connectivity index (χ4v) is 3.11. The van der Waals surface area contributed by atoms with Gasteiger partial charge in [0.05, 0.1) is 27.2 Å². The van der Waals surface area contributed by atoms with Crippen molar-refractivity contribution < 1.29 is 4.48 Å². The van der Waals surface area contributed by atoms with Crippen LogP contribution in [0.4, 0.5) is 0 Å². The second-order valence-corrected chi connectivity index (χ2v) is 7.63. The first-order valence-electron chi connectivity index (χ1n) is 9.94. The zero-order valence-electron chi connectivity index (χ0n) is 15.8. The molecule has 0 spiro atoms. The Labute approximate surface area is 136 Å². The molecule has 0 bridgehead atoms. The molecular weight excluding hydrogens is 254 g/mol. The molecule has 0 rings (SSSR count). The molecule has 1 heteroatoms. The smallest absolute Gasteiger partial charge is 0.0782 e. The lowest BCUT2D eigenvalue weighted by atomic mass is 10.1. The highest BCUT2D eigenvalue weighted by atomic mass is 15.3. The van der Waals surface area contributed by atoms with Gasteiger partial charge in [0.15, 0.2) is 0 Å². The molecule has 1 nitrogen and oxygen atoms in total. The quantitative estimate of drug-likeness (QED) is 0.223. The van der Waals surface area contributed by atoms with Crippen LogP contribution in [0.25, 0.3) is 0 Å². The van der Waals surface area contributed by atoms with Crippen LogP contribution in [0.3, 0.4) is 0 Å². The second-order valence-electron chi connectivity index (χ2n) is 7.63. The Morgan fingerprint density at radius 3 is 1.05 bits per heavy atom. The minimum atomic E-state index is 1.24. The van der Waals surface area contributed by atoms with Crippen LogP contribution >= 0.6 is 0 Å². The minimum absolute atomic E-state index is 1.24. The summed E-state index contributed by atoms with van der Waals surface area (Å²) in [5, 5.41) is 0. The normalized spacial score (nSPS) is 12.0. The molecule has 0 aromatic heterocycles. The third kappa shape index (κ3) is 16.2. The van der Waals surface area contributed by atoms with Crippen LogP contribution in [0.15, 0.2) is 0 Å². The molecule has 0 aliphatic rings. The van der Waals surface area contributed by atoms with Gasteiger partial charge in [0, 0.05) is 0 Å². The van der Waals surface area contributed by atoms with E-state index in [0.717, 1.165) is 0 Å². The van der Waals surface area contributed by atoms with E-state index in [0.29, 0.717) is 0 Å². The fraction of sp³-hybridized carbons (Fsp3) is 1.00. The lowest BCUT2D eigenvalue weighted by Crippen LogP contribution is -2.41. The molecule has 0 saturated carbocycles. The van der Waals surface area contributed by atoms with Crippen molar-refractivity contribution in [3.05, 3.63) is 0 Å². The highest BCUT2D eigenvalue weighted by molar-refractivity contribution is 4.48. The molecule has 0 amide bonds. The molecule has 0 fully saturated rings. The Kier molecular flexibility index (Phi) is 14.9. The first kappa shape index (κ1) is 21.0. The molecule has 0 unspecified atom stereocenters. The Morgan fingerprint density at radius 1 is 0.429 bits per heavy atom. The first-order valence-corrected chi connectivity index (χ1v) is 9.94. The third-order valence-electron chi connectivity index (χ3n) is 4.73. The maximum Gasteiger partial charge on any atom is 0.0782 e. The van der Waals surface area contributed by atoms with Crippen molar-refractivity contribution in [3.8, 4) is 0 Å². The van der Waals surface area contributed by atoms with Crippen molar-refractivity contribution in [1.29, 1.82) is 0 Å². The van der Waals surface area contributed by atoms with Gasteiger partial charge in [-0.2, -0.15) is 0 Å². The van der Waals surface area contributed by atoms with Crippen LogP contribution in [0.1, 0.15) is 104 Å². The van der Waals surface area contributed by atoms with Gasteiger partial charge in [-0.25, -0.2) is 0 Å². The Balaban J connectivity index is 3.32. The third-order valence-corrected chi connectivity index (χ3v) is 4.73. The number of hydrogen-bond donors (Lipinski definition) is 0. The topological polar surface area (TPSA) is 0 Å². The van der Waals surface area contributed by atoms with E-state index in [9.17, 15) is 0 Å². The first-order chi connectivity index (χ1) is 10.1.